The Balaban J connectivity index is 2.10. The Labute approximate surface area is 131 Å². The zero-order valence-corrected chi connectivity index (χ0v) is 13.7. The first kappa shape index (κ1) is 15.5. The maximum absolute atomic E-state index is 12.9. The highest BCUT2D eigenvalue weighted by Gasteiger charge is 2.07. The molecule has 2 N–H and O–H groups in total. The monoisotopic (exact) mass is 353 g/mol. The highest BCUT2D eigenvalue weighted by atomic mass is 79.9. The number of hydrogen-bond acceptors (Lipinski definition) is 2. The van der Waals surface area contributed by atoms with E-state index in [1.807, 2.05) is 0 Å². The molecular formula is C16H17BrFNS. The van der Waals surface area contributed by atoms with Crippen LogP contribution in [-0.4, -0.2) is 6.04 Å². The second kappa shape index (κ2) is 7.25. The number of halogens is 2. The molecule has 0 aliphatic heterocycles. The van der Waals surface area contributed by atoms with Crippen molar-refractivity contribution in [2.45, 2.75) is 35.6 Å². The summed E-state index contributed by atoms with van der Waals surface area (Å²) in [5, 5.41) is 0. The van der Waals surface area contributed by atoms with Gasteiger partial charge in [-0.2, -0.15) is 0 Å². The van der Waals surface area contributed by atoms with E-state index in [2.05, 4.69) is 41.1 Å². The summed E-state index contributed by atoms with van der Waals surface area (Å²) in [7, 11) is 0. The Bertz CT molecular complexity index is 571. The maximum Gasteiger partial charge on any atom is 0.123 e. The van der Waals surface area contributed by atoms with Crippen LogP contribution in [0.4, 0.5) is 4.39 Å². The molecule has 1 unspecified atom stereocenters. The lowest BCUT2D eigenvalue weighted by Crippen LogP contribution is -2.21. The average molecular weight is 354 g/mol. The average Bonchev–Trinajstić information content (AvgIpc) is 2.44. The molecule has 0 bridgehead atoms. The van der Waals surface area contributed by atoms with Crippen molar-refractivity contribution in [3.8, 4) is 0 Å². The van der Waals surface area contributed by atoms with E-state index in [4.69, 9.17) is 5.73 Å². The summed E-state index contributed by atoms with van der Waals surface area (Å²) >= 11 is 5.22. The van der Waals surface area contributed by atoms with Gasteiger partial charge >= 0.3 is 0 Å². The lowest BCUT2D eigenvalue weighted by molar-refractivity contribution is 0.626. The molecule has 2 rings (SSSR count). The summed E-state index contributed by atoms with van der Waals surface area (Å²) < 4.78 is 13.9. The minimum absolute atomic E-state index is 0.196. The van der Waals surface area contributed by atoms with E-state index in [0.717, 1.165) is 27.1 Å². The predicted molar refractivity (Wildman–Crippen MR) is 86.6 cm³/mol. The fourth-order valence-corrected chi connectivity index (χ4v) is 3.37. The van der Waals surface area contributed by atoms with E-state index in [0.29, 0.717) is 0 Å². The highest BCUT2D eigenvalue weighted by molar-refractivity contribution is 9.10. The summed E-state index contributed by atoms with van der Waals surface area (Å²) in [5.74, 6) is -0.209. The molecule has 0 aromatic heterocycles. The van der Waals surface area contributed by atoms with Crippen molar-refractivity contribution >= 4 is 27.7 Å². The van der Waals surface area contributed by atoms with Crippen LogP contribution in [0.5, 0.6) is 0 Å². The van der Waals surface area contributed by atoms with Crippen molar-refractivity contribution in [3.63, 3.8) is 0 Å². The molecule has 0 saturated carbocycles. The van der Waals surface area contributed by atoms with E-state index in [1.54, 1.807) is 23.9 Å². The molecule has 1 nitrogen and oxygen atoms in total. The Hall–Kier alpha value is -0.840. The zero-order valence-electron chi connectivity index (χ0n) is 11.3. The van der Waals surface area contributed by atoms with Crippen LogP contribution in [-0.2, 0) is 6.42 Å². The maximum atomic E-state index is 12.9. The molecule has 2 aromatic rings. The van der Waals surface area contributed by atoms with E-state index in [9.17, 15) is 4.39 Å². The summed E-state index contributed by atoms with van der Waals surface area (Å²) in [6.45, 7) is 2.09. The fourth-order valence-electron chi connectivity index (χ4n) is 1.82. The van der Waals surface area contributed by atoms with Crippen LogP contribution in [0, 0.1) is 5.82 Å². The second-order valence-electron chi connectivity index (χ2n) is 4.68. The van der Waals surface area contributed by atoms with Crippen molar-refractivity contribution < 1.29 is 4.39 Å². The van der Waals surface area contributed by atoms with Crippen molar-refractivity contribution in [1.82, 2.24) is 0 Å². The molecule has 106 valence electrons. The Morgan fingerprint density at radius 1 is 1.15 bits per heavy atom. The molecule has 1 atom stereocenters. The molecule has 4 heteroatoms. The number of nitrogens with two attached hydrogens (primary N) is 1. The number of rotatable bonds is 5. The summed E-state index contributed by atoms with van der Waals surface area (Å²) in [6.07, 6.45) is 1.84. The fraction of sp³-hybridized carbons (Fsp3) is 0.250. The second-order valence-corrected chi connectivity index (χ2v) is 6.68. The molecule has 0 amide bonds. The third-order valence-corrected chi connectivity index (χ3v) is 4.82. The lowest BCUT2D eigenvalue weighted by Gasteiger charge is -2.11. The molecule has 2 aromatic carbocycles. The molecule has 0 spiro atoms. The largest absolute Gasteiger partial charge is 0.327 e. The van der Waals surface area contributed by atoms with Crippen LogP contribution in [0.3, 0.4) is 0 Å². The number of hydrogen-bond donors (Lipinski definition) is 1. The smallest absolute Gasteiger partial charge is 0.123 e. The first-order valence-corrected chi connectivity index (χ1v) is 8.17. The first-order valence-electron chi connectivity index (χ1n) is 6.56. The van der Waals surface area contributed by atoms with Gasteiger partial charge in [0, 0.05) is 20.3 Å². The van der Waals surface area contributed by atoms with Gasteiger partial charge in [0.1, 0.15) is 5.82 Å². The topological polar surface area (TPSA) is 26.0 Å². The molecule has 0 radical (unpaired) electrons. The van der Waals surface area contributed by atoms with E-state index in [1.165, 1.54) is 17.7 Å². The molecular weight excluding hydrogens is 337 g/mol. The van der Waals surface area contributed by atoms with Gasteiger partial charge in [0.15, 0.2) is 0 Å². The minimum Gasteiger partial charge on any atom is -0.327 e. The van der Waals surface area contributed by atoms with Gasteiger partial charge in [-0.15, -0.1) is 0 Å². The molecule has 0 fully saturated rings. The van der Waals surface area contributed by atoms with Crippen molar-refractivity contribution in [2.75, 3.05) is 0 Å². The molecule has 0 heterocycles. The molecule has 0 saturated heterocycles. The zero-order chi connectivity index (χ0) is 14.5. The first-order chi connectivity index (χ1) is 9.58. The summed E-state index contributed by atoms with van der Waals surface area (Å²) in [6, 6.07) is 13.0. The Morgan fingerprint density at radius 2 is 1.80 bits per heavy atom. The standard InChI is InChI=1S/C16H17BrFNS/c1-2-13(19)9-11-3-6-15(10-16(11)17)20-14-7-4-12(18)5-8-14/h3-8,10,13H,2,9,19H2,1H3. The van der Waals surface area contributed by atoms with Gasteiger partial charge in [0.05, 0.1) is 0 Å². The van der Waals surface area contributed by atoms with Crippen LogP contribution in [0.1, 0.15) is 18.9 Å². The highest BCUT2D eigenvalue weighted by Crippen LogP contribution is 2.31. The normalized spacial score (nSPS) is 12.4. The van der Waals surface area contributed by atoms with Crippen LogP contribution in [0.15, 0.2) is 56.7 Å². The van der Waals surface area contributed by atoms with Gasteiger partial charge < -0.3 is 5.73 Å². The number of benzene rings is 2. The van der Waals surface area contributed by atoms with Gasteiger partial charge in [-0.05, 0) is 54.8 Å². The van der Waals surface area contributed by atoms with Crippen molar-refractivity contribution in [1.29, 1.82) is 0 Å². The molecule has 20 heavy (non-hydrogen) atoms. The Kier molecular flexibility index (Phi) is 5.64. The third kappa shape index (κ3) is 4.33. The van der Waals surface area contributed by atoms with Crippen LogP contribution < -0.4 is 5.73 Å². The van der Waals surface area contributed by atoms with Gasteiger partial charge in [-0.3, -0.25) is 0 Å². The van der Waals surface area contributed by atoms with Gasteiger partial charge in [0.2, 0.25) is 0 Å². The quantitative estimate of drug-likeness (QED) is 0.816. The summed E-state index contributed by atoms with van der Waals surface area (Å²) in [5.41, 5.74) is 7.21. The summed E-state index contributed by atoms with van der Waals surface area (Å²) in [4.78, 5) is 2.15. The van der Waals surface area contributed by atoms with Gasteiger partial charge in [0.25, 0.3) is 0 Å². The van der Waals surface area contributed by atoms with Crippen molar-refractivity contribution in [3.05, 3.63) is 58.3 Å². The lowest BCUT2D eigenvalue weighted by atomic mass is 10.1. The van der Waals surface area contributed by atoms with Crippen LogP contribution >= 0.6 is 27.7 Å². The van der Waals surface area contributed by atoms with Gasteiger partial charge in [-0.25, -0.2) is 4.39 Å². The Morgan fingerprint density at radius 3 is 2.40 bits per heavy atom. The molecule has 0 aliphatic carbocycles. The van der Waals surface area contributed by atoms with Crippen LogP contribution in [0.2, 0.25) is 0 Å². The molecule has 0 aliphatic rings. The van der Waals surface area contributed by atoms with E-state index < -0.39 is 0 Å². The minimum atomic E-state index is -0.209. The SMILES string of the molecule is CCC(N)Cc1ccc(Sc2ccc(F)cc2)cc1Br. The third-order valence-electron chi connectivity index (χ3n) is 3.08. The van der Waals surface area contributed by atoms with E-state index in [-0.39, 0.29) is 11.9 Å². The van der Waals surface area contributed by atoms with Gasteiger partial charge in [-0.1, -0.05) is 40.7 Å². The van der Waals surface area contributed by atoms with Crippen molar-refractivity contribution in [2.24, 2.45) is 5.73 Å². The van der Waals surface area contributed by atoms with E-state index >= 15 is 0 Å². The van der Waals surface area contributed by atoms with Crippen LogP contribution in [0.25, 0.3) is 0 Å². The predicted octanol–water partition coefficient (Wildman–Crippen LogP) is 5.02.